The van der Waals surface area contributed by atoms with Crippen LogP contribution in [0.15, 0.2) is 40.9 Å². The number of allylic oxidation sites excluding steroid dienone is 1. The Morgan fingerprint density at radius 3 is 2.79 bits per heavy atom. The summed E-state index contributed by atoms with van der Waals surface area (Å²) >= 11 is 3.37. The maximum Gasteiger partial charge on any atom is 0.141 e. The van der Waals surface area contributed by atoms with Gasteiger partial charge in [0.25, 0.3) is 0 Å². The van der Waals surface area contributed by atoms with E-state index in [1.54, 1.807) is 0 Å². The number of ketones is 1. The van der Waals surface area contributed by atoms with Gasteiger partial charge in [-0.1, -0.05) is 40.2 Å². The fraction of sp³-hybridized carbons (Fsp3) is 0.250. The van der Waals surface area contributed by atoms with Crippen LogP contribution in [0.4, 0.5) is 0 Å². The van der Waals surface area contributed by atoms with E-state index in [0.717, 1.165) is 15.6 Å². The maximum absolute atomic E-state index is 11.5. The van der Waals surface area contributed by atoms with E-state index >= 15 is 0 Å². The fourth-order valence-corrected chi connectivity index (χ4v) is 1.72. The van der Waals surface area contributed by atoms with Crippen LogP contribution in [-0.2, 0) is 11.2 Å². The highest BCUT2D eigenvalue weighted by molar-refractivity contribution is 9.10. The SMILES string of the molecule is C=C(C)CC(=O)Cc1cccc(Br)c1. The summed E-state index contributed by atoms with van der Waals surface area (Å²) in [6.07, 6.45) is 0.971. The minimum Gasteiger partial charge on any atom is -0.299 e. The highest BCUT2D eigenvalue weighted by Gasteiger charge is 2.03. The molecule has 1 nitrogen and oxygen atoms in total. The van der Waals surface area contributed by atoms with E-state index in [9.17, 15) is 4.79 Å². The molecule has 0 unspecified atom stereocenters. The van der Waals surface area contributed by atoms with Gasteiger partial charge in [0.2, 0.25) is 0 Å². The molecule has 0 heterocycles. The summed E-state index contributed by atoms with van der Waals surface area (Å²) in [5.74, 6) is 0.218. The summed E-state index contributed by atoms with van der Waals surface area (Å²) in [7, 11) is 0. The van der Waals surface area contributed by atoms with Gasteiger partial charge >= 0.3 is 0 Å². The normalized spacial score (nSPS) is 9.86. The van der Waals surface area contributed by atoms with E-state index in [1.165, 1.54) is 0 Å². The quantitative estimate of drug-likeness (QED) is 0.750. The molecule has 0 saturated heterocycles. The summed E-state index contributed by atoms with van der Waals surface area (Å²) < 4.78 is 1.01. The molecule has 1 aromatic rings. The lowest BCUT2D eigenvalue weighted by Gasteiger charge is -2.01. The summed E-state index contributed by atoms with van der Waals surface area (Å²) in [5.41, 5.74) is 1.97. The van der Waals surface area contributed by atoms with E-state index < -0.39 is 0 Å². The van der Waals surface area contributed by atoms with Gasteiger partial charge in [-0.3, -0.25) is 4.79 Å². The first-order chi connectivity index (χ1) is 6.58. The molecule has 0 radical (unpaired) electrons. The first kappa shape index (κ1) is 11.2. The second kappa shape index (κ2) is 5.11. The Hall–Kier alpha value is -0.890. The lowest BCUT2D eigenvalue weighted by molar-refractivity contribution is -0.117. The topological polar surface area (TPSA) is 17.1 Å². The molecule has 1 aromatic carbocycles. The Kier molecular flexibility index (Phi) is 4.08. The highest BCUT2D eigenvalue weighted by atomic mass is 79.9. The maximum atomic E-state index is 11.5. The van der Waals surface area contributed by atoms with Gasteiger partial charge in [-0.15, -0.1) is 0 Å². The van der Waals surface area contributed by atoms with Gasteiger partial charge < -0.3 is 0 Å². The Labute approximate surface area is 93.0 Å². The minimum absolute atomic E-state index is 0.218. The molecule has 0 aliphatic rings. The van der Waals surface area contributed by atoms with E-state index in [2.05, 4.69) is 22.5 Å². The average Bonchev–Trinajstić information content (AvgIpc) is 2.01. The van der Waals surface area contributed by atoms with Gasteiger partial charge in [-0.25, -0.2) is 0 Å². The van der Waals surface area contributed by atoms with Crippen LogP contribution >= 0.6 is 15.9 Å². The first-order valence-corrected chi connectivity index (χ1v) is 5.28. The second-order valence-electron chi connectivity index (χ2n) is 3.48. The smallest absolute Gasteiger partial charge is 0.141 e. The molecule has 0 aromatic heterocycles. The third-order valence-corrected chi connectivity index (χ3v) is 2.28. The summed E-state index contributed by atoms with van der Waals surface area (Å²) in [6, 6.07) is 7.82. The monoisotopic (exact) mass is 252 g/mol. The number of Topliss-reactive ketones (excluding diaryl/α,β-unsaturated/α-hetero) is 1. The van der Waals surface area contributed by atoms with Gasteiger partial charge in [0.15, 0.2) is 0 Å². The molecule has 14 heavy (non-hydrogen) atoms. The number of carbonyl (C=O) groups excluding carboxylic acids is 1. The Balaban J connectivity index is 2.60. The lowest BCUT2D eigenvalue weighted by atomic mass is 10.0. The third kappa shape index (κ3) is 3.88. The van der Waals surface area contributed by atoms with E-state index in [0.29, 0.717) is 12.8 Å². The molecule has 0 spiro atoms. The lowest BCUT2D eigenvalue weighted by Crippen LogP contribution is -2.02. The van der Waals surface area contributed by atoms with E-state index in [-0.39, 0.29) is 5.78 Å². The van der Waals surface area contributed by atoms with Crippen molar-refractivity contribution < 1.29 is 4.79 Å². The molecular weight excluding hydrogens is 240 g/mol. The van der Waals surface area contributed by atoms with Crippen LogP contribution < -0.4 is 0 Å². The number of carbonyl (C=O) groups is 1. The number of hydrogen-bond acceptors (Lipinski definition) is 1. The Bertz CT molecular complexity index is 355. The van der Waals surface area contributed by atoms with Crippen LogP contribution in [0.2, 0.25) is 0 Å². The predicted octanol–water partition coefficient (Wildman–Crippen LogP) is 3.53. The summed E-state index contributed by atoms with van der Waals surface area (Å²) in [5, 5.41) is 0. The van der Waals surface area contributed by atoms with Crippen LogP contribution in [0, 0.1) is 0 Å². The second-order valence-corrected chi connectivity index (χ2v) is 4.39. The van der Waals surface area contributed by atoms with Crippen LogP contribution in [0.25, 0.3) is 0 Å². The van der Waals surface area contributed by atoms with Crippen molar-refractivity contribution in [3.63, 3.8) is 0 Å². The molecule has 0 aliphatic heterocycles. The molecule has 2 heteroatoms. The number of rotatable bonds is 4. The molecule has 0 atom stereocenters. The number of halogens is 1. The van der Waals surface area contributed by atoms with Crippen LogP contribution in [-0.4, -0.2) is 5.78 Å². The van der Waals surface area contributed by atoms with E-state index in [4.69, 9.17) is 0 Å². The fourth-order valence-electron chi connectivity index (χ4n) is 1.27. The molecule has 0 bridgehead atoms. The number of benzene rings is 1. The van der Waals surface area contributed by atoms with Gasteiger partial charge in [0, 0.05) is 17.3 Å². The molecule has 0 amide bonds. The minimum atomic E-state index is 0.218. The van der Waals surface area contributed by atoms with Crippen LogP contribution in [0.1, 0.15) is 18.9 Å². The third-order valence-electron chi connectivity index (χ3n) is 1.79. The van der Waals surface area contributed by atoms with Crippen molar-refractivity contribution in [3.05, 3.63) is 46.5 Å². The summed E-state index contributed by atoms with van der Waals surface area (Å²) in [6.45, 7) is 5.60. The van der Waals surface area contributed by atoms with Crippen molar-refractivity contribution >= 4 is 21.7 Å². The van der Waals surface area contributed by atoms with Crippen LogP contribution in [0.5, 0.6) is 0 Å². The Morgan fingerprint density at radius 1 is 1.50 bits per heavy atom. The van der Waals surface area contributed by atoms with Crippen molar-refractivity contribution in [1.82, 2.24) is 0 Å². The summed E-state index contributed by atoms with van der Waals surface area (Å²) in [4.78, 5) is 11.5. The standard InChI is InChI=1S/C12H13BrO/c1-9(2)6-12(14)8-10-4-3-5-11(13)7-10/h3-5,7H,1,6,8H2,2H3. The van der Waals surface area contributed by atoms with Gasteiger partial charge in [0.05, 0.1) is 0 Å². The highest BCUT2D eigenvalue weighted by Crippen LogP contribution is 2.13. The molecule has 1 rings (SSSR count). The molecule has 0 fully saturated rings. The van der Waals surface area contributed by atoms with Crippen LogP contribution in [0.3, 0.4) is 0 Å². The van der Waals surface area contributed by atoms with Crippen molar-refractivity contribution in [1.29, 1.82) is 0 Å². The average molecular weight is 253 g/mol. The zero-order chi connectivity index (χ0) is 10.6. The van der Waals surface area contributed by atoms with Crippen molar-refractivity contribution in [2.75, 3.05) is 0 Å². The zero-order valence-corrected chi connectivity index (χ0v) is 9.80. The van der Waals surface area contributed by atoms with Gasteiger partial charge in [-0.05, 0) is 24.6 Å². The van der Waals surface area contributed by atoms with Crippen molar-refractivity contribution in [2.45, 2.75) is 19.8 Å². The zero-order valence-electron chi connectivity index (χ0n) is 8.22. The molecular formula is C12H13BrO. The largest absolute Gasteiger partial charge is 0.299 e. The molecule has 74 valence electrons. The van der Waals surface area contributed by atoms with Crippen molar-refractivity contribution in [2.24, 2.45) is 0 Å². The molecule has 0 aliphatic carbocycles. The molecule has 0 N–H and O–H groups in total. The van der Waals surface area contributed by atoms with Gasteiger partial charge in [-0.2, -0.15) is 0 Å². The first-order valence-electron chi connectivity index (χ1n) is 4.48. The number of hydrogen-bond donors (Lipinski definition) is 0. The van der Waals surface area contributed by atoms with Crippen molar-refractivity contribution in [3.8, 4) is 0 Å². The Morgan fingerprint density at radius 2 is 2.21 bits per heavy atom. The predicted molar refractivity (Wildman–Crippen MR) is 62.3 cm³/mol. The molecule has 0 saturated carbocycles. The van der Waals surface area contributed by atoms with Gasteiger partial charge in [0.1, 0.15) is 5.78 Å². The van der Waals surface area contributed by atoms with E-state index in [1.807, 2.05) is 31.2 Å².